The monoisotopic (exact) mass is 209 g/mol. The van der Waals surface area contributed by atoms with E-state index in [0.717, 1.165) is 0 Å². The van der Waals surface area contributed by atoms with E-state index in [-0.39, 0.29) is 0 Å². The van der Waals surface area contributed by atoms with Gasteiger partial charge in [0.1, 0.15) is 10.8 Å². The van der Waals surface area contributed by atoms with Crippen molar-refractivity contribution in [2.45, 2.75) is 17.2 Å². The van der Waals surface area contributed by atoms with Crippen LogP contribution in [0.15, 0.2) is 27.1 Å². The Bertz CT molecular complexity index is 426. The van der Waals surface area contributed by atoms with E-state index >= 15 is 0 Å². The van der Waals surface area contributed by atoms with Crippen LogP contribution in [0, 0.1) is 6.92 Å². The van der Waals surface area contributed by atoms with Crippen LogP contribution in [0.25, 0.3) is 0 Å². The van der Waals surface area contributed by atoms with Crippen LogP contribution < -0.4 is 5.73 Å². The Hall–Kier alpha value is -1.63. The first-order valence-electron chi connectivity index (χ1n) is 3.79. The fourth-order valence-corrected chi connectivity index (χ4v) is 1.42. The van der Waals surface area contributed by atoms with Gasteiger partial charge < -0.3 is 10.2 Å². The molecule has 0 aliphatic carbocycles. The summed E-state index contributed by atoms with van der Waals surface area (Å²) >= 11 is 1.25. The molecule has 2 aromatic heterocycles. The van der Waals surface area contributed by atoms with E-state index in [2.05, 4.69) is 20.2 Å². The zero-order valence-corrected chi connectivity index (χ0v) is 8.15. The lowest BCUT2D eigenvalue weighted by molar-refractivity contribution is 0.429. The number of aromatic nitrogens is 4. The molecular formula is C7H7N5OS. The molecule has 0 saturated carbocycles. The van der Waals surface area contributed by atoms with Crippen LogP contribution in [0.5, 0.6) is 0 Å². The van der Waals surface area contributed by atoms with Gasteiger partial charge >= 0.3 is 0 Å². The van der Waals surface area contributed by atoms with Gasteiger partial charge in [0, 0.05) is 6.92 Å². The fourth-order valence-electron chi connectivity index (χ4n) is 0.788. The molecule has 2 aromatic rings. The minimum atomic E-state index is 0.385. The van der Waals surface area contributed by atoms with Crippen LogP contribution in [-0.2, 0) is 0 Å². The Labute approximate surface area is 84.0 Å². The molecule has 2 rings (SSSR count). The molecule has 0 spiro atoms. The van der Waals surface area contributed by atoms with Crippen LogP contribution in [0.4, 0.5) is 5.82 Å². The van der Waals surface area contributed by atoms with E-state index in [1.807, 2.05) is 0 Å². The Morgan fingerprint density at radius 3 is 2.71 bits per heavy atom. The number of nitrogens with zero attached hydrogens (tertiary/aromatic N) is 4. The van der Waals surface area contributed by atoms with E-state index in [1.165, 1.54) is 18.0 Å². The molecule has 14 heavy (non-hydrogen) atoms. The molecule has 0 unspecified atom stereocenters. The van der Waals surface area contributed by atoms with E-state index in [0.29, 0.717) is 22.0 Å². The number of aryl methyl sites for hydroxylation is 1. The van der Waals surface area contributed by atoms with E-state index in [4.69, 9.17) is 10.2 Å². The highest BCUT2D eigenvalue weighted by atomic mass is 32.2. The summed E-state index contributed by atoms with van der Waals surface area (Å²) in [6.07, 6.45) is 3.03. The lowest BCUT2D eigenvalue weighted by Crippen LogP contribution is -1.91. The van der Waals surface area contributed by atoms with E-state index in [9.17, 15) is 0 Å². The van der Waals surface area contributed by atoms with E-state index < -0.39 is 0 Å². The van der Waals surface area contributed by atoms with Crippen LogP contribution in [0.3, 0.4) is 0 Å². The van der Waals surface area contributed by atoms with Gasteiger partial charge in [-0.05, 0) is 11.8 Å². The summed E-state index contributed by atoms with van der Waals surface area (Å²) in [7, 11) is 0. The number of hydrogen-bond acceptors (Lipinski definition) is 7. The quantitative estimate of drug-likeness (QED) is 0.785. The number of anilines is 1. The van der Waals surface area contributed by atoms with Crippen LogP contribution in [0.2, 0.25) is 0 Å². The minimum absolute atomic E-state index is 0.385. The van der Waals surface area contributed by atoms with Crippen molar-refractivity contribution >= 4 is 17.6 Å². The second kappa shape index (κ2) is 3.62. The first kappa shape index (κ1) is 8.95. The molecule has 0 atom stereocenters. The number of nitrogens with two attached hydrogens (primary N) is 1. The maximum atomic E-state index is 5.39. The molecule has 0 aromatic carbocycles. The Morgan fingerprint density at radius 1 is 1.29 bits per heavy atom. The summed E-state index contributed by atoms with van der Waals surface area (Å²) in [6, 6.07) is 0. The van der Waals surface area contributed by atoms with Gasteiger partial charge in [0.05, 0.1) is 12.4 Å². The average Bonchev–Trinajstić information content (AvgIpc) is 2.56. The van der Waals surface area contributed by atoms with Crippen molar-refractivity contribution in [1.29, 1.82) is 0 Å². The second-order valence-electron chi connectivity index (χ2n) is 2.47. The van der Waals surface area contributed by atoms with Gasteiger partial charge in [0.25, 0.3) is 5.22 Å². The summed E-state index contributed by atoms with van der Waals surface area (Å²) in [5.74, 6) is 0.909. The SMILES string of the molecule is Cc1nnc(Sc2cnc(N)cn2)o1. The molecule has 0 bridgehead atoms. The normalized spacial score (nSPS) is 10.4. The molecule has 0 aliphatic heterocycles. The standard InChI is InChI=1S/C7H7N5OS/c1-4-11-12-7(13-4)14-6-3-9-5(8)2-10-6/h2-3H,1H3,(H2,8,9). The van der Waals surface area contributed by atoms with Gasteiger partial charge in [0.2, 0.25) is 5.89 Å². The highest BCUT2D eigenvalue weighted by molar-refractivity contribution is 7.99. The van der Waals surface area contributed by atoms with Crippen molar-refractivity contribution in [2.75, 3.05) is 5.73 Å². The Balaban J connectivity index is 2.15. The first-order valence-corrected chi connectivity index (χ1v) is 4.61. The van der Waals surface area contributed by atoms with Gasteiger partial charge in [-0.25, -0.2) is 9.97 Å². The number of rotatable bonds is 2. The summed E-state index contributed by atoms with van der Waals surface area (Å²) in [5, 5.41) is 8.62. The van der Waals surface area contributed by atoms with Crippen molar-refractivity contribution in [3.05, 3.63) is 18.3 Å². The smallest absolute Gasteiger partial charge is 0.282 e. The van der Waals surface area contributed by atoms with Gasteiger partial charge in [-0.15, -0.1) is 10.2 Å². The zero-order valence-electron chi connectivity index (χ0n) is 7.34. The summed E-state index contributed by atoms with van der Waals surface area (Å²) < 4.78 is 5.16. The fraction of sp³-hybridized carbons (Fsp3) is 0.143. The van der Waals surface area contributed by atoms with Crippen molar-refractivity contribution < 1.29 is 4.42 Å². The van der Waals surface area contributed by atoms with Crippen LogP contribution in [-0.4, -0.2) is 20.2 Å². The first-order chi connectivity index (χ1) is 6.74. The van der Waals surface area contributed by atoms with Gasteiger partial charge in [-0.3, -0.25) is 0 Å². The predicted molar refractivity (Wildman–Crippen MR) is 49.6 cm³/mol. The summed E-state index contributed by atoms with van der Waals surface area (Å²) in [5.41, 5.74) is 5.39. The maximum Gasteiger partial charge on any atom is 0.282 e. The molecule has 7 heteroatoms. The predicted octanol–water partition coefficient (Wildman–Crippen LogP) is 0.901. The molecule has 2 heterocycles. The second-order valence-corrected chi connectivity index (χ2v) is 3.44. The van der Waals surface area contributed by atoms with Crippen molar-refractivity contribution in [2.24, 2.45) is 0 Å². The van der Waals surface area contributed by atoms with Crippen molar-refractivity contribution in [3.63, 3.8) is 0 Å². The lowest BCUT2D eigenvalue weighted by Gasteiger charge is -1.94. The molecule has 6 nitrogen and oxygen atoms in total. The summed E-state index contributed by atoms with van der Waals surface area (Å²) in [4.78, 5) is 7.92. The Kier molecular flexibility index (Phi) is 2.32. The molecule has 0 aliphatic rings. The third-order valence-electron chi connectivity index (χ3n) is 1.35. The molecule has 72 valence electrons. The largest absolute Gasteiger partial charge is 0.416 e. The Morgan fingerprint density at radius 2 is 2.14 bits per heavy atom. The van der Waals surface area contributed by atoms with Crippen LogP contribution in [0.1, 0.15) is 5.89 Å². The molecular weight excluding hydrogens is 202 g/mol. The summed E-state index contributed by atoms with van der Waals surface area (Å²) in [6.45, 7) is 1.73. The highest BCUT2D eigenvalue weighted by Gasteiger charge is 2.05. The lowest BCUT2D eigenvalue weighted by atomic mass is 10.7. The number of nitrogen functional groups attached to an aromatic ring is 1. The molecule has 0 radical (unpaired) electrons. The molecule has 0 amide bonds. The van der Waals surface area contributed by atoms with Gasteiger partial charge in [-0.1, -0.05) is 0 Å². The molecule has 0 fully saturated rings. The van der Waals surface area contributed by atoms with Gasteiger partial charge in [-0.2, -0.15) is 0 Å². The van der Waals surface area contributed by atoms with E-state index in [1.54, 1.807) is 13.1 Å². The van der Waals surface area contributed by atoms with Crippen molar-refractivity contribution in [1.82, 2.24) is 20.2 Å². The third-order valence-corrected chi connectivity index (χ3v) is 2.11. The van der Waals surface area contributed by atoms with Crippen LogP contribution >= 0.6 is 11.8 Å². The minimum Gasteiger partial charge on any atom is -0.416 e. The zero-order chi connectivity index (χ0) is 9.97. The number of hydrogen-bond donors (Lipinski definition) is 1. The third kappa shape index (κ3) is 1.99. The topological polar surface area (TPSA) is 90.7 Å². The molecule has 0 saturated heterocycles. The highest BCUT2D eigenvalue weighted by Crippen LogP contribution is 2.23. The molecule has 2 N–H and O–H groups in total. The maximum absolute atomic E-state index is 5.39. The van der Waals surface area contributed by atoms with Crippen molar-refractivity contribution in [3.8, 4) is 0 Å². The van der Waals surface area contributed by atoms with Gasteiger partial charge in [0.15, 0.2) is 0 Å². The average molecular weight is 209 g/mol.